The van der Waals surface area contributed by atoms with Crippen LogP contribution in [-0.2, 0) is 6.54 Å². The molecule has 7 heteroatoms. The summed E-state index contributed by atoms with van der Waals surface area (Å²) in [6.07, 6.45) is 1.53. The smallest absolute Gasteiger partial charge is 0.315 e. The number of hydrogen-bond donors (Lipinski definition) is 3. The molecule has 0 aliphatic rings. The second-order valence-electron chi connectivity index (χ2n) is 5.67. The monoisotopic (exact) mass is 323 g/mol. The highest BCUT2D eigenvalue weighted by atomic mass is 32.1. The molecule has 2 amide bonds. The van der Waals surface area contributed by atoms with Crippen LogP contribution in [0.1, 0.15) is 26.5 Å². The van der Waals surface area contributed by atoms with Crippen molar-refractivity contribution in [1.82, 2.24) is 15.6 Å². The van der Waals surface area contributed by atoms with Gasteiger partial charge in [-0.3, -0.25) is 0 Å². The summed E-state index contributed by atoms with van der Waals surface area (Å²) in [4.78, 5) is 17.0. The zero-order valence-electron chi connectivity index (χ0n) is 12.9. The SMILES string of the molecule is CC(C)C(C)(O)CNC(=O)NCc1coc(-c2cccs2)n1. The molecule has 1 unspecified atom stereocenters. The summed E-state index contributed by atoms with van der Waals surface area (Å²) in [7, 11) is 0. The Morgan fingerprint density at radius 3 is 2.91 bits per heavy atom. The lowest BCUT2D eigenvalue weighted by atomic mass is 9.93. The van der Waals surface area contributed by atoms with E-state index in [9.17, 15) is 9.90 Å². The molecule has 2 aromatic rings. The first-order chi connectivity index (χ1) is 10.4. The van der Waals surface area contributed by atoms with Gasteiger partial charge in [0.1, 0.15) is 6.26 Å². The molecule has 0 fully saturated rings. The van der Waals surface area contributed by atoms with Crippen LogP contribution in [0, 0.1) is 5.92 Å². The minimum absolute atomic E-state index is 0.0525. The Bertz CT molecular complexity index is 605. The van der Waals surface area contributed by atoms with Crippen LogP contribution in [-0.4, -0.2) is 28.3 Å². The fourth-order valence-electron chi connectivity index (χ4n) is 1.60. The summed E-state index contributed by atoms with van der Waals surface area (Å²) in [6.45, 7) is 5.96. The van der Waals surface area contributed by atoms with E-state index in [4.69, 9.17) is 4.42 Å². The number of aromatic nitrogens is 1. The van der Waals surface area contributed by atoms with Gasteiger partial charge in [-0.15, -0.1) is 11.3 Å². The van der Waals surface area contributed by atoms with Crippen LogP contribution >= 0.6 is 11.3 Å². The molecule has 0 aliphatic heterocycles. The second-order valence-corrected chi connectivity index (χ2v) is 6.62. The lowest BCUT2D eigenvalue weighted by molar-refractivity contribution is 0.0166. The van der Waals surface area contributed by atoms with E-state index in [1.54, 1.807) is 18.3 Å². The van der Waals surface area contributed by atoms with E-state index >= 15 is 0 Å². The third-order valence-electron chi connectivity index (χ3n) is 3.56. The quantitative estimate of drug-likeness (QED) is 0.762. The number of thiophene rings is 1. The van der Waals surface area contributed by atoms with Gasteiger partial charge in [0.05, 0.1) is 22.7 Å². The van der Waals surface area contributed by atoms with E-state index in [2.05, 4.69) is 15.6 Å². The normalized spacial score (nSPS) is 13.9. The molecule has 0 saturated heterocycles. The molecule has 0 saturated carbocycles. The number of carbonyl (C=O) groups is 1. The summed E-state index contributed by atoms with van der Waals surface area (Å²) in [6, 6.07) is 3.51. The Morgan fingerprint density at radius 1 is 1.50 bits per heavy atom. The summed E-state index contributed by atoms with van der Waals surface area (Å²) < 4.78 is 5.37. The third-order valence-corrected chi connectivity index (χ3v) is 4.42. The Labute approximate surface area is 133 Å². The molecule has 1 atom stereocenters. The van der Waals surface area contributed by atoms with Crippen molar-refractivity contribution in [3.05, 3.63) is 29.5 Å². The standard InChI is InChI=1S/C15H21N3O3S/c1-10(2)15(3,20)9-17-14(19)16-7-11-8-21-13(18-11)12-5-4-6-22-12/h4-6,8,10,20H,7,9H2,1-3H3,(H2,16,17,19). The van der Waals surface area contributed by atoms with E-state index in [1.165, 1.54) is 6.26 Å². The molecule has 120 valence electrons. The second kappa shape index (κ2) is 6.93. The van der Waals surface area contributed by atoms with E-state index in [-0.39, 0.29) is 25.0 Å². The number of aliphatic hydroxyl groups is 1. The first kappa shape index (κ1) is 16.5. The number of hydrogen-bond acceptors (Lipinski definition) is 5. The van der Waals surface area contributed by atoms with Crippen LogP contribution < -0.4 is 10.6 Å². The van der Waals surface area contributed by atoms with Crippen LogP contribution in [0.5, 0.6) is 0 Å². The maximum absolute atomic E-state index is 11.7. The Hall–Kier alpha value is -1.86. The van der Waals surface area contributed by atoms with E-state index < -0.39 is 5.60 Å². The molecule has 22 heavy (non-hydrogen) atoms. The molecule has 0 aromatic carbocycles. The maximum atomic E-state index is 11.7. The van der Waals surface area contributed by atoms with Gasteiger partial charge in [0.15, 0.2) is 0 Å². The van der Waals surface area contributed by atoms with Crippen molar-refractivity contribution in [3.63, 3.8) is 0 Å². The third kappa shape index (κ3) is 4.32. The molecular weight excluding hydrogens is 302 g/mol. The van der Waals surface area contributed by atoms with Crippen molar-refractivity contribution in [3.8, 4) is 10.8 Å². The van der Waals surface area contributed by atoms with Gasteiger partial charge in [0.25, 0.3) is 0 Å². The number of nitrogens with one attached hydrogen (secondary N) is 2. The predicted molar refractivity (Wildman–Crippen MR) is 85.5 cm³/mol. The maximum Gasteiger partial charge on any atom is 0.315 e. The highest BCUT2D eigenvalue weighted by Gasteiger charge is 2.25. The molecule has 0 radical (unpaired) electrons. The molecular formula is C15H21N3O3S. The number of amides is 2. The lowest BCUT2D eigenvalue weighted by Crippen LogP contribution is -2.47. The van der Waals surface area contributed by atoms with Crippen molar-refractivity contribution < 1.29 is 14.3 Å². The zero-order valence-corrected chi connectivity index (χ0v) is 13.7. The molecule has 0 bridgehead atoms. The van der Waals surface area contributed by atoms with Gasteiger partial charge < -0.3 is 20.2 Å². The molecule has 6 nitrogen and oxygen atoms in total. The Morgan fingerprint density at radius 2 is 2.27 bits per heavy atom. The van der Waals surface area contributed by atoms with Gasteiger partial charge >= 0.3 is 6.03 Å². The average molecular weight is 323 g/mol. The van der Waals surface area contributed by atoms with Crippen LogP contribution in [0.25, 0.3) is 10.8 Å². The topological polar surface area (TPSA) is 87.4 Å². The highest BCUT2D eigenvalue weighted by molar-refractivity contribution is 7.13. The summed E-state index contributed by atoms with van der Waals surface area (Å²) in [5.74, 6) is 0.603. The molecule has 2 rings (SSSR count). The van der Waals surface area contributed by atoms with E-state index in [1.807, 2.05) is 31.4 Å². The number of rotatable bonds is 6. The zero-order chi connectivity index (χ0) is 16.2. The number of urea groups is 1. The van der Waals surface area contributed by atoms with Gasteiger partial charge in [0.2, 0.25) is 5.89 Å². The van der Waals surface area contributed by atoms with Crippen molar-refractivity contribution in [2.45, 2.75) is 32.9 Å². The van der Waals surface area contributed by atoms with Crippen molar-refractivity contribution in [2.24, 2.45) is 5.92 Å². The predicted octanol–water partition coefficient (Wildman–Crippen LogP) is 2.61. The van der Waals surface area contributed by atoms with Crippen LogP contribution in [0.2, 0.25) is 0 Å². The number of oxazole rings is 1. The minimum atomic E-state index is -0.933. The van der Waals surface area contributed by atoms with Crippen LogP contribution in [0.15, 0.2) is 28.2 Å². The first-order valence-electron chi connectivity index (χ1n) is 7.11. The first-order valence-corrected chi connectivity index (χ1v) is 7.99. The Balaban J connectivity index is 1.80. The van der Waals surface area contributed by atoms with Gasteiger partial charge in [-0.05, 0) is 24.3 Å². The Kier molecular flexibility index (Phi) is 5.20. The average Bonchev–Trinajstić information content (AvgIpc) is 3.13. The van der Waals surface area contributed by atoms with Gasteiger partial charge in [0, 0.05) is 6.54 Å². The highest BCUT2D eigenvalue weighted by Crippen LogP contribution is 2.23. The van der Waals surface area contributed by atoms with Crippen molar-refractivity contribution >= 4 is 17.4 Å². The van der Waals surface area contributed by atoms with Gasteiger partial charge in [-0.25, -0.2) is 9.78 Å². The summed E-state index contributed by atoms with van der Waals surface area (Å²) in [5, 5.41) is 17.4. The minimum Gasteiger partial charge on any atom is -0.443 e. The summed E-state index contributed by atoms with van der Waals surface area (Å²) in [5.41, 5.74) is -0.286. The van der Waals surface area contributed by atoms with Crippen LogP contribution in [0.3, 0.4) is 0 Å². The number of nitrogens with zero attached hydrogens (tertiary/aromatic N) is 1. The molecule has 0 spiro atoms. The van der Waals surface area contributed by atoms with Crippen molar-refractivity contribution in [2.75, 3.05) is 6.54 Å². The van der Waals surface area contributed by atoms with Gasteiger partial charge in [-0.1, -0.05) is 19.9 Å². The lowest BCUT2D eigenvalue weighted by Gasteiger charge is -2.27. The molecule has 2 heterocycles. The molecule has 2 aromatic heterocycles. The number of carbonyl (C=O) groups excluding carboxylic acids is 1. The van der Waals surface area contributed by atoms with Crippen LogP contribution in [0.4, 0.5) is 4.79 Å². The largest absolute Gasteiger partial charge is 0.443 e. The van der Waals surface area contributed by atoms with Gasteiger partial charge in [-0.2, -0.15) is 0 Å². The molecule has 0 aliphatic carbocycles. The van der Waals surface area contributed by atoms with E-state index in [0.29, 0.717) is 11.6 Å². The molecule has 3 N–H and O–H groups in total. The van der Waals surface area contributed by atoms with E-state index in [0.717, 1.165) is 4.88 Å². The van der Waals surface area contributed by atoms with Crippen molar-refractivity contribution in [1.29, 1.82) is 0 Å². The fraction of sp³-hybridized carbons (Fsp3) is 0.467. The fourth-order valence-corrected chi connectivity index (χ4v) is 2.25. The summed E-state index contributed by atoms with van der Waals surface area (Å²) >= 11 is 1.54.